The number of carbonyl (C=O) groups excluding carboxylic acids is 1. The molecule has 0 saturated carbocycles. The van der Waals surface area contributed by atoms with E-state index in [1.54, 1.807) is 0 Å². The lowest BCUT2D eigenvalue weighted by Crippen LogP contribution is -2.29. The highest BCUT2D eigenvalue weighted by Crippen LogP contribution is 2.44. The minimum Gasteiger partial charge on any atom is -0.351 e. The van der Waals surface area contributed by atoms with Crippen LogP contribution < -0.4 is 15.5 Å². The second kappa shape index (κ2) is 10.4. The quantitative estimate of drug-likeness (QED) is 0.278. The lowest BCUT2D eigenvalue weighted by atomic mass is 9.96. The number of hydrogen-bond donors (Lipinski definition) is 2. The Morgan fingerprint density at radius 2 is 1.74 bits per heavy atom. The average Bonchev–Trinajstić information content (AvgIpc) is 3.41. The van der Waals surface area contributed by atoms with Gasteiger partial charge in [-0.05, 0) is 99.6 Å². The van der Waals surface area contributed by atoms with Gasteiger partial charge in [-0.15, -0.1) is 0 Å². The second-order valence-electron chi connectivity index (χ2n) is 9.89. The van der Waals surface area contributed by atoms with Crippen LogP contribution in [-0.4, -0.2) is 20.6 Å². The first kappa shape index (κ1) is 25.7. The summed E-state index contributed by atoms with van der Waals surface area (Å²) in [5.74, 6) is -0.00384. The lowest BCUT2D eigenvalue weighted by molar-refractivity contribution is -0.115. The van der Waals surface area contributed by atoms with E-state index in [-0.39, 0.29) is 18.0 Å². The van der Waals surface area contributed by atoms with Crippen LogP contribution in [0.3, 0.4) is 0 Å². The van der Waals surface area contributed by atoms with Crippen LogP contribution in [0.5, 0.6) is 0 Å². The standard InChI is InChI=1S/C31H33N5OS/c1-6-28(37)33-26-15-14-24(17-20(26)3)36-30(29(34-31(36)38)27-9-7-8-16-32-27)25-18-21(4)35(22(25)5)23-12-10-19(2)11-13-23/h7-18,29-30H,6H2,1-5H3,(H,33,37)(H,34,38). The van der Waals surface area contributed by atoms with E-state index in [0.29, 0.717) is 11.5 Å². The van der Waals surface area contributed by atoms with E-state index in [9.17, 15) is 4.79 Å². The highest BCUT2D eigenvalue weighted by Gasteiger charge is 2.42. The summed E-state index contributed by atoms with van der Waals surface area (Å²) >= 11 is 5.94. The molecular formula is C31H33N5OS. The number of rotatable bonds is 6. The second-order valence-corrected chi connectivity index (χ2v) is 10.3. The van der Waals surface area contributed by atoms with Crippen LogP contribution in [0, 0.1) is 27.7 Å². The van der Waals surface area contributed by atoms with Crippen LogP contribution in [0.25, 0.3) is 5.69 Å². The molecule has 2 unspecified atom stereocenters. The van der Waals surface area contributed by atoms with Gasteiger partial charge in [0.1, 0.15) is 0 Å². The summed E-state index contributed by atoms with van der Waals surface area (Å²) in [6, 6.07) is 22.7. The predicted octanol–water partition coefficient (Wildman–Crippen LogP) is 6.63. The van der Waals surface area contributed by atoms with E-state index in [1.807, 2.05) is 50.4 Å². The number of carbonyl (C=O) groups is 1. The van der Waals surface area contributed by atoms with Gasteiger partial charge in [0.05, 0.1) is 17.8 Å². The zero-order chi connectivity index (χ0) is 27.0. The summed E-state index contributed by atoms with van der Waals surface area (Å²) in [6.45, 7) is 10.3. The van der Waals surface area contributed by atoms with Crippen LogP contribution in [0.2, 0.25) is 0 Å². The molecule has 1 fully saturated rings. The monoisotopic (exact) mass is 523 g/mol. The number of nitrogens with one attached hydrogen (secondary N) is 2. The Bertz CT molecular complexity index is 1490. The maximum Gasteiger partial charge on any atom is 0.224 e. The molecule has 4 aromatic rings. The third kappa shape index (κ3) is 4.70. The van der Waals surface area contributed by atoms with Gasteiger partial charge in [-0.25, -0.2) is 0 Å². The molecular weight excluding hydrogens is 490 g/mol. The molecule has 6 nitrogen and oxygen atoms in total. The van der Waals surface area contributed by atoms with Crippen molar-refractivity contribution in [1.29, 1.82) is 0 Å². The number of anilines is 2. The zero-order valence-electron chi connectivity index (χ0n) is 22.4. The molecule has 0 radical (unpaired) electrons. The molecule has 2 N–H and O–H groups in total. The highest BCUT2D eigenvalue weighted by atomic mass is 32.1. The Hall–Kier alpha value is -3.97. The molecule has 5 rings (SSSR count). The van der Waals surface area contributed by atoms with Crippen LogP contribution in [0.4, 0.5) is 11.4 Å². The first-order valence-electron chi connectivity index (χ1n) is 13.0. The predicted molar refractivity (Wildman–Crippen MR) is 158 cm³/mol. The Labute approximate surface area is 229 Å². The molecule has 0 spiro atoms. The minimum atomic E-state index is -0.129. The minimum absolute atomic E-state index is 0.00384. The maximum atomic E-state index is 12.0. The number of hydrogen-bond acceptors (Lipinski definition) is 3. The Morgan fingerprint density at radius 3 is 2.39 bits per heavy atom. The molecule has 2 aromatic heterocycles. The maximum absolute atomic E-state index is 12.0. The number of benzene rings is 2. The molecule has 3 heterocycles. The van der Waals surface area contributed by atoms with Gasteiger partial charge in [-0.2, -0.15) is 0 Å². The first-order valence-corrected chi connectivity index (χ1v) is 13.4. The van der Waals surface area contributed by atoms with Crippen molar-refractivity contribution in [1.82, 2.24) is 14.9 Å². The van der Waals surface area contributed by atoms with Gasteiger partial charge in [0.15, 0.2) is 5.11 Å². The smallest absolute Gasteiger partial charge is 0.224 e. The summed E-state index contributed by atoms with van der Waals surface area (Å²) in [7, 11) is 0. The third-order valence-electron chi connectivity index (χ3n) is 7.26. The van der Waals surface area contributed by atoms with Crippen molar-refractivity contribution in [3.05, 3.63) is 107 Å². The van der Waals surface area contributed by atoms with Crippen LogP contribution >= 0.6 is 12.2 Å². The van der Waals surface area contributed by atoms with Crippen molar-refractivity contribution < 1.29 is 4.79 Å². The van der Waals surface area contributed by atoms with Crippen molar-refractivity contribution in [2.24, 2.45) is 0 Å². The summed E-state index contributed by atoms with van der Waals surface area (Å²) in [5, 5.41) is 7.20. The molecule has 194 valence electrons. The Morgan fingerprint density at radius 1 is 1.00 bits per heavy atom. The van der Waals surface area contributed by atoms with E-state index < -0.39 is 0 Å². The van der Waals surface area contributed by atoms with Crippen molar-refractivity contribution in [3.63, 3.8) is 0 Å². The molecule has 0 bridgehead atoms. The van der Waals surface area contributed by atoms with Crippen molar-refractivity contribution in [3.8, 4) is 5.69 Å². The van der Waals surface area contributed by atoms with E-state index in [0.717, 1.165) is 39.7 Å². The van der Waals surface area contributed by atoms with Gasteiger partial charge in [-0.1, -0.05) is 30.7 Å². The van der Waals surface area contributed by atoms with Gasteiger partial charge in [0.25, 0.3) is 0 Å². The number of nitrogens with zero attached hydrogens (tertiary/aromatic N) is 3. The number of aromatic nitrogens is 2. The van der Waals surface area contributed by atoms with Gasteiger partial charge in [0.2, 0.25) is 5.91 Å². The summed E-state index contributed by atoms with van der Waals surface area (Å²) in [6.07, 6.45) is 2.26. The molecule has 7 heteroatoms. The van der Waals surface area contributed by atoms with Crippen LogP contribution in [0.15, 0.2) is 72.9 Å². The van der Waals surface area contributed by atoms with Gasteiger partial charge < -0.3 is 20.1 Å². The number of thiocarbonyl (C=S) groups is 1. The summed E-state index contributed by atoms with van der Waals surface area (Å²) in [4.78, 5) is 18.9. The van der Waals surface area contributed by atoms with E-state index >= 15 is 0 Å². The fourth-order valence-corrected chi connectivity index (χ4v) is 5.65. The van der Waals surface area contributed by atoms with Gasteiger partial charge in [0, 0.05) is 41.1 Å². The summed E-state index contributed by atoms with van der Waals surface area (Å²) < 4.78 is 2.30. The molecule has 1 saturated heterocycles. The first-order chi connectivity index (χ1) is 18.3. The SMILES string of the molecule is CCC(=O)Nc1ccc(N2C(=S)NC(c3ccccn3)C2c2cc(C)n(-c3ccc(C)cc3)c2C)cc1C. The van der Waals surface area contributed by atoms with Crippen molar-refractivity contribution in [2.75, 3.05) is 10.2 Å². The normalized spacial score (nSPS) is 17.0. The van der Waals surface area contributed by atoms with Crippen molar-refractivity contribution >= 4 is 34.6 Å². The fourth-order valence-electron chi connectivity index (χ4n) is 5.30. The Kier molecular flexibility index (Phi) is 7.04. The van der Waals surface area contributed by atoms with E-state index in [4.69, 9.17) is 17.2 Å². The van der Waals surface area contributed by atoms with Gasteiger partial charge >= 0.3 is 0 Å². The lowest BCUT2D eigenvalue weighted by Gasteiger charge is -2.29. The Balaban J connectivity index is 1.63. The van der Waals surface area contributed by atoms with Crippen LogP contribution in [0.1, 0.15) is 59.2 Å². The largest absolute Gasteiger partial charge is 0.351 e. The van der Waals surface area contributed by atoms with Crippen molar-refractivity contribution in [2.45, 2.75) is 53.1 Å². The highest BCUT2D eigenvalue weighted by molar-refractivity contribution is 7.80. The molecule has 1 amide bonds. The molecule has 0 aliphatic carbocycles. The van der Waals surface area contributed by atoms with Gasteiger partial charge in [-0.3, -0.25) is 9.78 Å². The average molecular weight is 524 g/mol. The topological polar surface area (TPSA) is 62.2 Å². The molecule has 2 aromatic carbocycles. The van der Waals surface area contributed by atoms with Crippen LogP contribution in [-0.2, 0) is 4.79 Å². The zero-order valence-corrected chi connectivity index (χ0v) is 23.3. The fraction of sp³-hybridized carbons (Fsp3) is 0.258. The third-order valence-corrected chi connectivity index (χ3v) is 7.58. The summed E-state index contributed by atoms with van der Waals surface area (Å²) in [5.41, 5.74) is 9.59. The molecule has 2 atom stereocenters. The number of aryl methyl sites for hydroxylation is 3. The molecule has 1 aliphatic heterocycles. The molecule has 38 heavy (non-hydrogen) atoms. The molecule has 1 aliphatic rings. The number of pyridine rings is 1. The van der Waals surface area contributed by atoms with E-state index in [2.05, 4.69) is 77.3 Å². The number of amides is 1. The van der Waals surface area contributed by atoms with E-state index in [1.165, 1.54) is 11.1 Å².